The molecule has 0 aromatic carbocycles. The molecule has 0 spiro atoms. The fourth-order valence-corrected chi connectivity index (χ4v) is 3.88. The molecule has 1 aliphatic carbocycles. The highest BCUT2D eigenvalue weighted by atomic mass is 32.2. The van der Waals surface area contributed by atoms with E-state index in [2.05, 4.69) is 19.2 Å². The van der Waals surface area contributed by atoms with Crippen molar-refractivity contribution in [3.63, 3.8) is 0 Å². The highest BCUT2D eigenvalue weighted by molar-refractivity contribution is 7.85. The minimum atomic E-state index is -0.841. The summed E-state index contributed by atoms with van der Waals surface area (Å²) in [7, 11) is -0.841. The predicted molar refractivity (Wildman–Crippen MR) is 73.6 cm³/mol. The van der Waals surface area contributed by atoms with Crippen LogP contribution in [0.15, 0.2) is 0 Å². The lowest BCUT2D eigenvalue weighted by Gasteiger charge is -2.22. The number of hydrogen-bond donors (Lipinski definition) is 2. The lowest BCUT2D eigenvalue weighted by atomic mass is 10.0. The van der Waals surface area contributed by atoms with E-state index in [-0.39, 0.29) is 0 Å². The van der Waals surface area contributed by atoms with E-state index in [1.165, 1.54) is 19.3 Å². The van der Waals surface area contributed by atoms with Crippen molar-refractivity contribution in [2.45, 2.75) is 57.3 Å². The summed E-state index contributed by atoms with van der Waals surface area (Å²) in [4.78, 5) is 0. The Morgan fingerprint density at radius 3 is 2.47 bits per heavy atom. The van der Waals surface area contributed by atoms with Gasteiger partial charge in [-0.3, -0.25) is 4.21 Å². The molecule has 102 valence electrons. The van der Waals surface area contributed by atoms with E-state index in [1.54, 1.807) is 0 Å². The van der Waals surface area contributed by atoms with E-state index < -0.39 is 16.9 Å². The predicted octanol–water partition coefficient (Wildman–Crippen LogP) is 1.67. The standard InChI is InChI=1S/C13H27NO2S/c1-11(2)8-14-9-12(15)10-17(16)13-6-4-3-5-7-13/h11-15H,3-10H2,1-2H3. The molecule has 0 saturated heterocycles. The molecule has 1 saturated carbocycles. The first kappa shape index (κ1) is 15.1. The summed E-state index contributed by atoms with van der Waals surface area (Å²) in [5.41, 5.74) is 0. The monoisotopic (exact) mass is 261 g/mol. The maximum Gasteiger partial charge on any atom is 0.0779 e. The number of aliphatic hydroxyl groups excluding tert-OH is 1. The zero-order valence-electron chi connectivity index (χ0n) is 11.2. The van der Waals surface area contributed by atoms with Crippen LogP contribution in [0.5, 0.6) is 0 Å². The molecule has 4 heteroatoms. The van der Waals surface area contributed by atoms with Gasteiger partial charge in [-0.2, -0.15) is 0 Å². The van der Waals surface area contributed by atoms with Crippen LogP contribution in [0.25, 0.3) is 0 Å². The molecule has 0 aliphatic heterocycles. The molecule has 17 heavy (non-hydrogen) atoms. The molecule has 1 aliphatic rings. The fraction of sp³-hybridized carbons (Fsp3) is 1.00. The molecule has 2 unspecified atom stereocenters. The Bertz CT molecular complexity index is 227. The molecule has 0 radical (unpaired) electrons. The number of hydrogen-bond acceptors (Lipinski definition) is 3. The molecule has 2 N–H and O–H groups in total. The van der Waals surface area contributed by atoms with Crippen LogP contribution in [-0.2, 0) is 10.8 Å². The molecule has 1 rings (SSSR count). The van der Waals surface area contributed by atoms with Crippen LogP contribution in [0.2, 0.25) is 0 Å². The lowest BCUT2D eigenvalue weighted by molar-refractivity contribution is 0.193. The average Bonchev–Trinajstić information content (AvgIpc) is 2.29. The second-order valence-corrected chi connectivity index (χ2v) is 7.27. The number of nitrogens with one attached hydrogen (secondary N) is 1. The van der Waals surface area contributed by atoms with Crippen molar-refractivity contribution in [3.05, 3.63) is 0 Å². The van der Waals surface area contributed by atoms with E-state index in [9.17, 15) is 9.32 Å². The Hall–Kier alpha value is 0.0700. The Balaban J connectivity index is 2.15. The van der Waals surface area contributed by atoms with Crippen LogP contribution >= 0.6 is 0 Å². The molecule has 0 aromatic rings. The van der Waals surface area contributed by atoms with Crippen LogP contribution in [0.1, 0.15) is 46.0 Å². The molecule has 0 aromatic heterocycles. The molecular weight excluding hydrogens is 234 g/mol. The minimum Gasteiger partial charge on any atom is -0.391 e. The van der Waals surface area contributed by atoms with Gasteiger partial charge < -0.3 is 10.4 Å². The average molecular weight is 261 g/mol. The number of aliphatic hydroxyl groups is 1. The smallest absolute Gasteiger partial charge is 0.0779 e. The third-order valence-electron chi connectivity index (χ3n) is 3.21. The third-order valence-corrected chi connectivity index (χ3v) is 5.14. The molecule has 0 amide bonds. The second-order valence-electron chi connectivity index (χ2n) is 5.51. The zero-order chi connectivity index (χ0) is 12.7. The molecular formula is C13H27NO2S. The zero-order valence-corrected chi connectivity index (χ0v) is 12.0. The first-order valence-corrected chi connectivity index (χ1v) is 8.23. The second kappa shape index (κ2) is 8.22. The van der Waals surface area contributed by atoms with Crippen molar-refractivity contribution >= 4 is 10.8 Å². The first-order valence-electron chi connectivity index (χ1n) is 6.85. The van der Waals surface area contributed by atoms with E-state index in [0.29, 0.717) is 23.5 Å². The maximum atomic E-state index is 12.0. The largest absolute Gasteiger partial charge is 0.391 e. The van der Waals surface area contributed by atoms with E-state index in [1.807, 2.05) is 0 Å². The summed E-state index contributed by atoms with van der Waals surface area (Å²) < 4.78 is 12.0. The Kier molecular flexibility index (Phi) is 7.32. The van der Waals surface area contributed by atoms with Crippen LogP contribution < -0.4 is 5.32 Å². The van der Waals surface area contributed by atoms with Crippen LogP contribution in [0.4, 0.5) is 0 Å². The van der Waals surface area contributed by atoms with Crippen molar-refractivity contribution in [3.8, 4) is 0 Å². The van der Waals surface area contributed by atoms with Gasteiger partial charge in [0.05, 0.1) is 11.9 Å². The third kappa shape index (κ3) is 6.53. The maximum absolute atomic E-state index is 12.0. The Morgan fingerprint density at radius 2 is 1.88 bits per heavy atom. The Morgan fingerprint density at radius 1 is 1.24 bits per heavy atom. The van der Waals surface area contributed by atoms with E-state index in [4.69, 9.17) is 0 Å². The number of rotatable bonds is 7. The molecule has 0 bridgehead atoms. The van der Waals surface area contributed by atoms with Gasteiger partial charge in [0.25, 0.3) is 0 Å². The van der Waals surface area contributed by atoms with Gasteiger partial charge in [0.1, 0.15) is 0 Å². The minimum absolute atomic E-state index is 0.337. The summed E-state index contributed by atoms with van der Waals surface area (Å²) in [5.74, 6) is 1.03. The van der Waals surface area contributed by atoms with Gasteiger partial charge in [0.2, 0.25) is 0 Å². The summed E-state index contributed by atoms with van der Waals surface area (Å²) in [5, 5.41) is 13.4. The van der Waals surface area contributed by atoms with Gasteiger partial charge in [-0.15, -0.1) is 0 Å². The van der Waals surface area contributed by atoms with Gasteiger partial charge in [-0.05, 0) is 25.3 Å². The van der Waals surface area contributed by atoms with Crippen molar-refractivity contribution in [2.75, 3.05) is 18.8 Å². The summed E-state index contributed by atoms with van der Waals surface area (Å²) in [6, 6.07) is 0. The summed E-state index contributed by atoms with van der Waals surface area (Å²) in [6.07, 6.45) is 5.40. The van der Waals surface area contributed by atoms with Crippen molar-refractivity contribution in [1.29, 1.82) is 0 Å². The molecule has 2 atom stereocenters. The SMILES string of the molecule is CC(C)CNCC(O)CS(=O)C1CCCCC1. The van der Waals surface area contributed by atoms with Gasteiger partial charge >= 0.3 is 0 Å². The quantitative estimate of drug-likeness (QED) is 0.733. The topological polar surface area (TPSA) is 49.3 Å². The van der Waals surface area contributed by atoms with Gasteiger partial charge in [-0.1, -0.05) is 33.1 Å². The summed E-state index contributed by atoms with van der Waals surface area (Å²) in [6.45, 7) is 5.75. The van der Waals surface area contributed by atoms with E-state index >= 15 is 0 Å². The molecule has 3 nitrogen and oxygen atoms in total. The fourth-order valence-electron chi connectivity index (χ4n) is 2.25. The molecule has 0 heterocycles. The normalized spacial score (nSPS) is 21.6. The highest BCUT2D eigenvalue weighted by Gasteiger charge is 2.21. The highest BCUT2D eigenvalue weighted by Crippen LogP contribution is 2.22. The van der Waals surface area contributed by atoms with Crippen LogP contribution in [-0.4, -0.2) is 39.5 Å². The molecule has 1 fully saturated rings. The lowest BCUT2D eigenvalue weighted by Crippen LogP contribution is -2.35. The van der Waals surface area contributed by atoms with Crippen molar-refractivity contribution in [1.82, 2.24) is 5.32 Å². The summed E-state index contributed by atoms with van der Waals surface area (Å²) >= 11 is 0. The van der Waals surface area contributed by atoms with Crippen molar-refractivity contribution < 1.29 is 9.32 Å². The van der Waals surface area contributed by atoms with Crippen molar-refractivity contribution in [2.24, 2.45) is 5.92 Å². The van der Waals surface area contributed by atoms with E-state index in [0.717, 1.165) is 19.4 Å². The van der Waals surface area contributed by atoms with Gasteiger partial charge in [0, 0.05) is 22.6 Å². The van der Waals surface area contributed by atoms with Crippen LogP contribution in [0.3, 0.4) is 0 Å². The first-order chi connectivity index (χ1) is 8.09. The Labute approximate surface area is 108 Å². The van der Waals surface area contributed by atoms with Gasteiger partial charge in [-0.25, -0.2) is 0 Å². The van der Waals surface area contributed by atoms with Gasteiger partial charge in [0.15, 0.2) is 0 Å². The van der Waals surface area contributed by atoms with Crippen LogP contribution in [0, 0.1) is 5.92 Å².